The predicted octanol–water partition coefficient (Wildman–Crippen LogP) is 3.02. The highest BCUT2D eigenvalue weighted by atomic mass is 32.2. The van der Waals surface area contributed by atoms with Crippen molar-refractivity contribution < 1.29 is 9.53 Å². The molecule has 17 heavy (non-hydrogen) atoms. The SMILES string of the molecule is COc1ccc(C#CCCSC(C)=O)cc1C. The van der Waals surface area contributed by atoms with E-state index in [1.807, 2.05) is 25.1 Å². The summed E-state index contributed by atoms with van der Waals surface area (Å²) in [5.41, 5.74) is 2.06. The van der Waals surface area contributed by atoms with E-state index < -0.39 is 0 Å². The van der Waals surface area contributed by atoms with Gasteiger partial charge in [-0.2, -0.15) is 0 Å². The molecule has 0 spiro atoms. The van der Waals surface area contributed by atoms with Gasteiger partial charge in [-0.15, -0.1) is 0 Å². The standard InChI is InChI=1S/C14H16O2S/c1-11-10-13(7-8-14(11)16-3)6-4-5-9-17-12(2)15/h7-8,10H,5,9H2,1-3H3. The van der Waals surface area contributed by atoms with Crippen LogP contribution in [-0.2, 0) is 4.79 Å². The first kappa shape index (κ1) is 13.7. The number of aryl methyl sites for hydroxylation is 1. The van der Waals surface area contributed by atoms with Crippen LogP contribution in [-0.4, -0.2) is 18.0 Å². The van der Waals surface area contributed by atoms with Gasteiger partial charge in [-0.1, -0.05) is 23.6 Å². The molecule has 2 nitrogen and oxygen atoms in total. The van der Waals surface area contributed by atoms with Crippen molar-refractivity contribution in [3.63, 3.8) is 0 Å². The molecule has 0 heterocycles. The molecule has 0 N–H and O–H groups in total. The molecular formula is C14H16O2S. The van der Waals surface area contributed by atoms with Gasteiger partial charge in [0.05, 0.1) is 7.11 Å². The van der Waals surface area contributed by atoms with Crippen molar-refractivity contribution in [1.82, 2.24) is 0 Å². The number of thioether (sulfide) groups is 1. The van der Waals surface area contributed by atoms with Crippen LogP contribution in [0.1, 0.15) is 24.5 Å². The van der Waals surface area contributed by atoms with Gasteiger partial charge in [0.1, 0.15) is 5.75 Å². The Kier molecular flexibility index (Phi) is 5.65. The van der Waals surface area contributed by atoms with Gasteiger partial charge in [0.2, 0.25) is 0 Å². The maximum atomic E-state index is 10.7. The molecule has 3 heteroatoms. The molecule has 0 radical (unpaired) electrons. The Morgan fingerprint density at radius 2 is 2.24 bits per heavy atom. The summed E-state index contributed by atoms with van der Waals surface area (Å²) < 4.78 is 5.18. The predicted molar refractivity (Wildman–Crippen MR) is 72.4 cm³/mol. The van der Waals surface area contributed by atoms with Crippen molar-refractivity contribution in [2.24, 2.45) is 0 Å². The van der Waals surface area contributed by atoms with Gasteiger partial charge < -0.3 is 4.74 Å². The molecule has 1 aromatic carbocycles. The molecule has 1 aromatic rings. The fourth-order valence-corrected chi connectivity index (χ4v) is 1.86. The summed E-state index contributed by atoms with van der Waals surface area (Å²) in [4.78, 5) is 10.7. The summed E-state index contributed by atoms with van der Waals surface area (Å²) in [6.07, 6.45) is 0.731. The summed E-state index contributed by atoms with van der Waals surface area (Å²) in [7, 11) is 1.66. The van der Waals surface area contributed by atoms with Crippen LogP contribution in [0.4, 0.5) is 0 Å². The molecule has 1 rings (SSSR count). The molecule has 0 atom stereocenters. The van der Waals surface area contributed by atoms with E-state index in [1.165, 1.54) is 11.8 Å². The van der Waals surface area contributed by atoms with Crippen molar-refractivity contribution >= 4 is 16.9 Å². The zero-order valence-electron chi connectivity index (χ0n) is 10.4. The maximum absolute atomic E-state index is 10.7. The first-order valence-electron chi connectivity index (χ1n) is 5.40. The maximum Gasteiger partial charge on any atom is 0.185 e. The number of hydrogen-bond acceptors (Lipinski definition) is 3. The number of carbonyl (C=O) groups excluding carboxylic acids is 1. The summed E-state index contributed by atoms with van der Waals surface area (Å²) >= 11 is 1.31. The van der Waals surface area contributed by atoms with E-state index in [2.05, 4.69) is 11.8 Å². The number of methoxy groups -OCH3 is 1. The normalized spacial score (nSPS) is 9.35. The molecule has 0 saturated heterocycles. The number of ether oxygens (including phenoxy) is 1. The van der Waals surface area contributed by atoms with Crippen LogP contribution in [0, 0.1) is 18.8 Å². The highest BCUT2D eigenvalue weighted by molar-refractivity contribution is 8.13. The molecule has 0 amide bonds. The average molecular weight is 248 g/mol. The van der Waals surface area contributed by atoms with Crippen LogP contribution in [0.25, 0.3) is 0 Å². The summed E-state index contributed by atoms with van der Waals surface area (Å²) in [5, 5.41) is 0.145. The molecule has 90 valence electrons. The number of hydrogen-bond donors (Lipinski definition) is 0. The molecule has 0 aromatic heterocycles. The van der Waals surface area contributed by atoms with Crippen molar-refractivity contribution in [1.29, 1.82) is 0 Å². The van der Waals surface area contributed by atoms with Crippen molar-refractivity contribution in [3.8, 4) is 17.6 Å². The van der Waals surface area contributed by atoms with E-state index in [4.69, 9.17) is 4.74 Å². The Morgan fingerprint density at radius 3 is 2.82 bits per heavy atom. The van der Waals surface area contributed by atoms with Gasteiger partial charge in [-0.25, -0.2) is 0 Å². The quantitative estimate of drug-likeness (QED) is 0.607. The minimum atomic E-state index is 0.145. The van der Waals surface area contributed by atoms with E-state index in [0.29, 0.717) is 0 Å². The lowest BCUT2D eigenvalue weighted by atomic mass is 10.1. The van der Waals surface area contributed by atoms with Gasteiger partial charge >= 0.3 is 0 Å². The largest absolute Gasteiger partial charge is 0.496 e. The average Bonchev–Trinajstić information content (AvgIpc) is 2.28. The molecule has 0 aliphatic carbocycles. The van der Waals surface area contributed by atoms with Gasteiger partial charge in [-0.05, 0) is 30.7 Å². The zero-order valence-corrected chi connectivity index (χ0v) is 11.2. The van der Waals surface area contributed by atoms with E-state index in [9.17, 15) is 4.79 Å². The van der Waals surface area contributed by atoms with Crippen LogP contribution in [0.15, 0.2) is 18.2 Å². The van der Waals surface area contributed by atoms with E-state index >= 15 is 0 Å². The van der Waals surface area contributed by atoms with E-state index in [1.54, 1.807) is 14.0 Å². The Morgan fingerprint density at radius 1 is 1.47 bits per heavy atom. The third-order valence-corrected chi connectivity index (χ3v) is 2.97. The monoisotopic (exact) mass is 248 g/mol. The molecule has 0 aliphatic rings. The topological polar surface area (TPSA) is 26.3 Å². The lowest BCUT2D eigenvalue weighted by Crippen LogP contribution is -1.87. The van der Waals surface area contributed by atoms with E-state index in [0.717, 1.165) is 29.1 Å². The lowest BCUT2D eigenvalue weighted by Gasteiger charge is -2.03. The Hall–Kier alpha value is -1.40. The molecule has 0 aliphatic heterocycles. The number of carbonyl (C=O) groups is 1. The van der Waals surface area contributed by atoms with Crippen LogP contribution in [0.2, 0.25) is 0 Å². The van der Waals surface area contributed by atoms with Crippen molar-refractivity contribution in [2.45, 2.75) is 20.3 Å². The summed E-state index contributed by atoms with van der Waals surface area (Å²) in [6, 6.07) is 5.87. The van der Waals surface area contributed by atoms with Gasteiger partial charge in [0.15, 0.2) is 5.12 Å². The zero-order chi connectivity index (χ0) is 12.7. The van der Waals surface area contributed by atoms with Gasteiger partial charge in [0.25, 0.3) is 0 Å². The first-order chi connectivity index (χ1) is 8.13. The van der Waals surface area contributed by atoms with Crippen molar-refractivity contribution in [3.05, 3.63) is 29.3 Å². The molecule has 0 unspecified atom stereocenters. The highest BCUT2D eigenvalue weighted by Gasteiger charge is 1.97. The molecule has 0 fully saturated rings. The molecular weight excluding hydrogens is 232 g/mol. The Balaban J connectivity index is 2.54. The van der Waals surface area contributed by atoms with Crippen LogP contribution >= 0.6 is 11.8 Å². The fraction of sp³-hybridized carbons (Fsp3) is 0.357. The Bertz CT molecular complexity index is 455. The molecule has 0 saturated carbocycles. The number of rotatable bonds is 3. The highest BCUT2D eigenvalue weighted by Crippen LogP contribution is 2.17. The second kappa shape index (κ2) is 7.03. The second-order valence-corrected chi connectivity index (χ2v) is 4.85. The van der Waals surface area contributed by atoms with E-state index in [-0.39, 0.29) is 5.12 Å². The van der Waals surface area contributed by atoms with Crippen LogP contribution in [0.5, 0.6) is 5.75 Å². The van der Waals surface area contributed by atoms with Crippen LogP contribution < -0.4 is 4.74 Å². The summed E-state index contributed by atoms with van der Waals surface area (Å²) in [6.45, 7) is 3.57. The third kappa shape index (κ3) is 4.97. The van der Waals surface area contributed by atoms with Gasteiger partial charge in [-0.3, -0.25) is 4.79 Å². The molecule has 0 bridgehead atoms. The third-order valence-electron chi connectivity index (χ3n) is 2.16. The minimum Gasteiger partial charge on any atom is -0.496 e. The number of benzene rings is 1. The van der Waals surface area contributed by atoms with Crippen molar-refractivity contribution in [2.75, 3.05) is 12.9 Å². The first-order valence-corrected chi connectivity index (χ1v) is 6.39. The summed E-state index contributed by atoms with van der Waals surface area (Å²) in [5.74, 6) is 7.78. The Labute approximate surface area is 107 Å². The van der Waals surface area contributed by atoms with Crippen LogP contribution in [0.3, 0.4) is 0 Å². The lowest BCUT2D eigenvalue weighted by molar-refractivity contribution is -0.109. The van der Waals surface area contributed by atoms with Gasteiger partial charge in [0, 0.05) is 24.7 Å². The minimum absolute atomic E-state index is 0.145. The smallest absolute Gasteiger partial charge is 0.185 e. The second-order valence-electron chi connectivity index (χ2n) is 3.58. The fourth-order valence-electron chi connectivity index (χ4n) is 1.37.